The molecule has 1 aliphatic rings. The van der Waals surface area contributed by atoms with Crippen molar-refractivity contribution in [3.8, 4) is 0 Å². The molecule has 2 rings (SSSR count). The van der Waals surface area contributed by atoms with E-state index in [0.29, 0.717) is 11.8 Å². The number of nitrogens with one attached hydrogen (secondary N) is 1. The Labute approximate surface area is 109 Å². The lowest BCUT2D eigenvalue weighted by Crippen LogP contribution is -2.26. The maximum Gasteiger partial charge on any atom is 0.0559 e. The number of nitrogens with two attached hydrogens (primary N) is 1. The largest absolute Gasteiger partial charge is 0.387 e. The molecule has 3 nitrogen and oxygen atoms in total. The second kappa shape index (κ2) is 5.53. The fourth-order valence-electron chi connectivity index (χ4n) is 2.74. The number of aromatic nitrogens is 1. The van der Waals surface area contributed by atoms with E-state index in [2.05, 4.69) is 36.3 Å². The summed E-state index contributed by atoms with van der Waals surface area (Å²) in [4.78, 5) is 4.18. The van der Waals surface area contributed by atoms with Crippen molar-refractivity contribution in [2.24, 2.45) is 11.7 Å². The molecule has 0 saturated carbocycles. The smallest absolute Gasteiger partial charge is 0.0559 e. The minimum Gasteiger partial charge on any atom is -0.387 e. The fraction of sp³-hybridized carbons (Fsp3) is 0.533. The number of pyridine rings is 1. The van der Waals surface area contributed by atoms with Crippen LogP contribution in [0.2, 0.25) is 0 Å². The first-order chi connectivity index (χ1) is 8.61. The van der Waals surface area contributed by atoms with Gasteiger partial charge in [-0.1, -0.05) is 25.5 Å². The van der Waals surface area contributed by atoms with Crippen LogP contribution in [0.3, 0.4) is 0 Å². The van der Waals surface area contributed by atoms with Crippen molar-refractivity contribution in [3.05, 3.63) is 35.7 Å². The first-order valence-corrected chi connectivity index (χ1v) is 6.69. The molecule has 2 atom stereocenters. The lowest BCUT2D eigenvalue weighted by atomic mass is 9.78. The Morgan fingerprint density at radius 2 is 2.22 bits per heavy atom. The van der Waals surface area contributed by atoms with Gasteiger partial charge < -0.3 is 11.1 Å². The van der Waals surface area contributed by atoms with Gasteiger partial charge in [0.05, 0.1) is 11.9 Å². The first-order valence-electron chi connectivity index (χ1n) is 6.69. The van der Waals surface area contributed by atoms with Crippen LogP contribution < -0.4 is 11.1 Å². The molecular weight excluding hydrogens is 222 g/mol. The highest BCUT2D eigenvalue weighted by Crippen LogP contribution is 2.37. The summed E-state index contributed by atoms with van der Waals surface area (Å²) in [6.45, 7) is 4.49. The van der Waals surface area contributed by atoms with Crippen molar-refractivity contribution < 1.29 is 0 Å². The van der Waals surface area contributed by atoms with Crippen molar-refractivity contribution in [3.63, 3.8) is 0 Å². The highest BCUT2D eigenvalue weighted by Gasteiger charge is 2.24. The number of nitrogens with zero attached hydrogens (tertiary/aromatic N) is 1. The van der Waals surface area contributed by atoms with Gasteiger partial charge in [-0.05, 0) is 36.3 Å². The summed E-state index contributed by atoms with van der Waals surface area (Å²) in [6, 6.07) is 2.30. The minimum absolute atomic E-state index is 0.180. The fourth-order valence-corrected chi connectivity index (χ4v) is 2.74. The molecule has 2 unspecified atom stereocenters. The van der Waals surface area contributed by atoms with Gasteiger partial charge in [0, 0.05) is 19.3 Å². The molecule has 0 aromatic carbocycles. The molecule has 98 valence electrons. The van der Waals surface area contributed by atoms with Gasteiger partial charge in [0.15, 0.2) is 0 Å². The van der Waals surface area contributed by atoms with Crippen molar-refractivity contribution in [2.45, 2.75) is 38.6 Å². The third-order valence-electron chi connectivity index (χ3n) is 3.77. The monoisotopic (exact) mass is 245 g/mol. The Kier molecular flexibility index (Phi) is 4.02. The van der Waals surface area contributed by atoms with Crippen molar-refractivity contribution in [1.82, 2.24) is 4.98 Å². The van der Waals surface area contributed by atoms with Gasteiger partial charge in [0.1, 0.15) is 0 Å². The average Bonchev–Trinajstić information content (AvgIpc) is 2.38. The van der Waals surface area contributed by atoms with E-state index in [-0.39, 0.29) is 6.04 Å². The second-order valence-electron chi connectivity index (χ2n) is 5.41. The van der Waals surface area contributed by atoms with Gasteiger partial charge in [-0.15, -0.1) is 0 Å². The zero-order chi connectivity index (χ0) is 13.1. The van der Waals surface area contributed by atoms with Crippen LogP contribution in [0.4, 0.5) is 5.69 Å². The summed E-state index contributed by atoms with van der Waals surface area (Å²) >= 11 is 0. The van der Waals surface area contributed by atoms with Gasteiger partial charge in [0.2, 0.25) is 0 Å². The highest BCUT2D eigenvalue weighted by molar-refractivity contribution is 5.51. The van der Waals surface area contributed by atoms with Crippen LogP contribution >= 0.6 is 0 Å². The van der Waals surface area contributed by atoms with Crippen LogP contribution in [0.1, 0.15) is 38.2 Å². The van der Waals surface area contributed by atoms with E-state index in [1.54, 1.807) is 0 Å². The molecule has 0 spiro atoms. The summed E-state index contributed by atoms with van der Waals surface area (Å²) in [5.74, 6) is 1.09. The molecule has 1 aromatic rings. The summed E-state index contributed by atoms with van der Waals surface area (Å²) < 4.78 is 0. The van der Waals surface area contributed by atoms with Crippen LogP contribution in [-0.2, 0) is 0 Å². The molecule has 0 radical (unpaired) electrons. The third-order valence-corrected chi connectivity index (χ3v) is 3.77. The molecule has 3 heteroatoms. The normalized spacial score (nSPS) is 23.9. The van der Waals surface area contributed by atoms with Crippen molar-refractivity contribution in [1.29, 1.82) is 0 Å². The number of allylic oxidation sites excluding steroid dienone is 1. The second-order valence-corrected chi connectivity index (χ2v) is 5.41. The predicted octanol–water partition coefficient (Wildman–Crippen LogP) is 2.91. The maximum atomic E-state index is 6.17. The molecule has 1 aromatic heterocycles. The molecule has 1 aliphatic carbocycles. The molecule has 0 aliphatic heterocycles. The minimum atomic E-state index is 0.180. The third kappa shape index (κ3) is 2.72. The maximum absolute atomic E-state index is 6.17. The topological polar surface area (TPSA) is 50.9 Å². The number of rotatable bonds is 3. The summed E-state index contributed by atoms with van der Waals surface area (Å²) in [5, 5.41) is 3.23. The molecule has 0 amide bonds. The van der Waals surface area contributed by atoms with Gasteiger partial charge in [-0.25, -0.2) is 0 Å². The summed E-state index contributed by atoms with van der Waals surface area (Å²) in [7, 11) is 1.95. The van der Waals surface area contributed by atoms with Crippen molar-refractivity contribution >= 4 is 5.69 Å². The molecule has 1 heterocycles. The summed E-state index contributed by atoms with van der Waals surface area (Å²) in [6.07, 6.45) is 8.16. The van der Waals surface area contributed by atoms with Crippen LogP contribution in [-0.4, -0.2) is 18.1 Å². The standard InChI is InChI=1S/C15H23N3/c1-10(2)11-6-12(8-13(16)7-11)14-4-5-18-9-15(14)17-3/h4-5,7,9-10,12-13,17H,6,8,16H2,1-3H3. The van der Waals surface area contributed by atoms with Gasteiger partial charge in [-0.3, -0.25) is 4.98 Å². The van der Waals surface area contributed by atoms with E-state index in [0.717, 1.165) is 18.5 Å². The molecule has 0 saturated heterocycles. The quantitative estimate of drug-likeness (QED) is 0.805. The Hall–Kier alpha value is -1.35. The predicted molar refractivity (Wildman–Crippen MR) is 76.7 cm³/mol. The molecular formula is C15H23N3. The lowest BCUT2D eigenvalue weighted by molar-refractivity contribution is 0.512. The van der Waals surface area contributed by atoms with E-state index < -0.39 is 0 Å². The lowest BCUT2D eigenvalue weighted by Gasteiger charge is -2.29. The molecule has 0 bridgehead atoms. The van der Waals surface area contributed by atoms with Gasteiger partial charge in [0.25, 0.3) is 0 Å². The molecule has 3 N–H and O–H groups in total. The van der Waals surface area contributed by atoms with E-state index in [1.165, 1.54) is 11.1 Å². The van der Waals surface area contributed by atoms with E-state index >= 15 is 0 Å². The zero-order valence-corrected chi connectivity index (χ0v) is 11.5. The van der Waals surface area contributed by atoms with Crippen LogP contribution in [0, 0.1) is 5.92 Å². The first kappa shape index (κ1) is 13.1. The van der Waals surface area contributed by atoms with E-state index in [4.69, 9.17) is 5.73 Å². The van der Waals surface area contributed by atoms with Crippen LogP contribution in [0.15, 0.2) is 30.1 Å². The highest BCUT2D eigenvalue weighted by atomic mass is 14.8. The number of hydrogen-bond acceptors (Lipinski definition) is 3. The number of anilines is 1. The Balaban J connectivity index is 2.27. The zero-order valence-electron chi connectivity index (χ0n) is 11.5. The summed E-state index contributed by atoms with van der Waals surface area (Å²) in [5.41, 5.74) is 10.1. The number of hydrogen-bond donors (Lipinski definition) is 2. The molecule has 0 fully saturated rings. The van der Waals surface area contributed by atoms with Crippen LogP contribution in [0.25, 0.3) is 0 Å². The van der Waals surface area contributed by atoms with E-state index in [9.17, 15) is 0 Å². The van der Waals surface area contributed by atoms with Gasteiger partial charge >= 0.3 is 0 Å². The van der Waals surface area contributed by atoms with Crippen LogP contribution in [0.5, 0.6) is 0 Å². The van der Waals surface area contributed by atoms with E-state index in [1.807, 2.05) is 19.4 Å². The Morgan fingerprint density at radius 1 is 1.44 bits per heavy atom. The SMILES string of the molecule is CNc1cnccc1C1CC(C(C)C)=CC(N)C1. The Bertz CT molecular complexity index is 437. The van der Waals surface area contributed by atoms with Gasteiger partial charge in [-0.2, -0.15) is 0 Å². The molecule has 18 heavy (non-hydrogen) atoms. The average molecular weight is 245 g/mol. The Morgan fingerprint density at radius 3 is 2.89 bits per heavy atom. The van der Waals surface area contributed by atoms with Crippen molar-refractivity contribution in [2.75, 3.05) is 12.4 Å².